The van der Waals surface area contributed by atoms with E-state index in [1.807, 2.05) is 0 Å². The lowest BCUT2D eigenvalue weighted by molar-refractivity contribution is -0.139. The highest BCUT2D eigenvalue weighted by Gasteiger charge is 2.29. The summed E-state index contributed by atoms with van der Waals surface area (Å²) in [6.45, 7) is 1.50. The molecule has 1 rings (SSSR count). The Bertz CT molecular complexity index is 1130. The summed E-state index contributed by atoms with van der Waals surface area (Å²) in [7, 11) is -2.89. The molecule has 0 aliphatic carbocycles. The Morgan fingerprint density at radius 2 is 1.76 bits per heavy atom. The van der Waals surface area contributed by atoms with E-state index in [4.69, 9.17) is 16.6 Å². The Morgan fingerprint density at radius 1 is 1.13 bits per heavy atom. The van der Waals surface area contributed by atoms with Crippen molar-refractivity contribution in [3.8, 4) is 0 Å². The van der Waals surface area contributed by atoms with Crippen molar-refractivity contribution in [1.29, 1.82) is 0 Å². The number of amidine groups is 1. The first-order chi connectivity index (χ1) is 17.7. The third-order valence-corrected chi connectivity index (χ3v) is 6.52. The molecule has 0 aromatic heterocycles. The maximum atomic E-state index is 12.9. The van der Waals surface area contributed by atoms with Crippen molar-refractivity contribution in [2.24, 2.45) is 16.5 Å². The maximum absolute atomic E-state index is 12.9. The van der Waals surface area contributed by atoms with E-state index in [0.29, 0.717) is 37.1 Å². The van der Waals surface area contributed by atoms with Crippen LogP contribution in [-0.4, -0.2) is 86.5 Å². The van der Waals surface area contributed by atoms with Gasteiger partial charge in [-0.05, 0) is 43.9 Å². The molecule has 0 fully saturated rings. The second kappa shape index (κ2) is 15.4. The minimum absolute atomic E-state index is 0.185. The summed E-state index contributed by atoms with van der Waals surface area (Å²) >= 11 is 0. The molecule has 0 saturated carbocycles. The predicted molar refractivity (Wildman–Crippen MR) is 138 cm³/mol. The number of hydrogen-bond acceptors (Lipinski definition) is 8. The van der Waals surface area contributed by atoms with E-state index in [1.54, 1.807) is 6.92 Å². The average molecular weight is 555 g/mol. The molecular weight excluding hydrogens is 520 g/mol. The third kappa shape index (κ3) is 12.4. The number of sulfonamides is 1. The summed E-state index contributed by atoms with van der Waals surface area (Å²) in [5, 5.41) is 11.5. The lowest BCUT2D eigenvalue weighted by Gasteiger charge is -2.24. The van der Waals surface area contributed by atoms with Gasteiger partial charge in [-0.15, -0.1) is 0 Å². The van der Waals surface area contributed by atoms with Crippen molar-refractivity contribution in [2.75, 3.05) is 20.1 Å². The van der Waals surface area contributed by atoms with E-state index in [-0.39, 0.29) is 12.0 Å². The first-order valence-corrected chi connectivity index (χ1v) is 13.3. The fourth-order valence-electron chi connectivity index (χ4n) is 3.30. The molecule has 1 aromatic rings. The van der Waals surface area contributed by atoms with Gasteiger partial charge in [0.15, 0.2) is 0 Å². The molecule has 7 N–H and O–H groups in total. The number of hydrogen-bond donors (Lipinski definition) is 5. The molecule has 1 aromatic carbocycles. The summed E-state index contributed by atoms with van der Waals surface area (Å²) in [5.74, 6) is -3.57. The second-order valence-electron chi connectivity index (χ2n) is 8.59. The summed E-state index contributed by atoms with van der Waals surface area (Å²) < 4.78 is 27.6. The van der Waals surface area contributed by atoms with Gasteiger partial charge in [0.05, 0.1) is 24.2 Å². The largest absolute Gasteiger partial charge is 0.481 e. The van der Waals surface area contributed by atoms with Crippen molar-refractivity contribution in [3.63, 3.8) is 0 Å². The van der Waals surface area contributed by atoms with Gasteiger partial charge in [0.25, 0.3) is 0 Å². The molecule has 0 spiro atoms. The molecule has 0 heterocycles. The SMILES string of the molecule is CC(N)=NCCC[C@@H](C=O)NC(=O)CN(C)C(=O)[C@H](CCC(=O)O)NS(=O)(=O)Cc1ccc(C(N)=O)cc1. The zero-order valence-electron chi connectivity index (χ0n) is 21.3. The van der Waals surface area contributed by atoms with E-state index in [9.17, 15) is 32.4 Å². The number of benzene rings is 1. The van der Waals surface area contributed by atoms with Crippen LogP contribution < -0.4 is 21.5 Å². The number of aldehydes is 1. The van der Waals surface area contributed by atoms with Crippen LogP contribution in [0.2, 0.25) is 0 Å². The minimum atomic E-state index is -4.14. The number of nitrogens with one attached hydrogen (secondary N) is 2. The highest BCUT2D eigenvalue weighted by Crippen LogP contribution is 2.11. The Morgan fingerprint density at radius 3 is 2.29 bits per heavy atom. The van der Waals surface area contributed by atoms with Crippen molar-refractivity contribution in [1.82, 2.24) is 14.9 Å². The smallest absolute Gasteiger partial charge is 0.303 e. The Kier molecular flexibility index (Phi) is 13.1. The predicted octanol–water partition coefficient (Wildman–Crippen LogP) is -1.26. The van der Waals surface area contributed by atoms with Crippen LogP contribution in [0.1, 0.15) is 48.5 Å². The van der Waals surface area contributed by atoms with Crippen LogP contribution in [0.15, 0.2) is 29.3 Å². The van der Waals surface area contributed by atoms with Gasteiger partial charge in [-0.3, -0.25) is 24.2 Å². The molecule has 0 aliphatic heterocycles. The lowest BCUT2D eigenvalue weighted by atomic mass is 10.1. The number of rotatable bonds is 17. The highest BCUT2D eigenvalue weighted by molar-refractivity contribution is 7.88. The molecule has 0 radical (unpaired) electrons. The number of nitrogens with zero attached hydrogens (tertiary/aromatic N) is 2. The molecule has 0 saturated heterocycles. The fraction of sp³-hybridized carbons (Fsp3) is 0.478. The Hall–Kier alpha value is -3.85. The molecule has 3 amide bonds. The topological polar surface area (TPSA) is 231 Å². The van der Waals surface area contributed by atoms with Crippen molar-refractivity contribution in [2.45, 2.75) is 50.4 Å². The van der Waals surface area contributed by atoms with Crippen LogP contribution in [0.4, 0.5) is 0 Å². The number of carbonyl (C=O) groups excluding carboxylic acids is 4. The molecule has 38 heavy (non-hydrogen) atoms. The second-order valence-corrected chi connectivity index (χ2v) is 10.3. The Balaban J connectivity index is 2.84. The minimum Gasteiger partial charge on any atom is -0.481 e. The standard InChI is InChI=1S/C23H34N6O8S/c1-15(24)26-11-3-4-18(13-30)27-20(31)12-29(2)23(35)19(9-10-21(32)33)28-38(36,37)14-16-5-7-17(8-6-16)22(25)34/h5-8,13,18-19,28H,3-4,9-12,14H2,1-2H3,(H2,24,26)(H2,25,34)(H,27,31)(H,32,33)/t18-,19-/m0/s1. The van der Waals surface area contributed by atoms with Gasteiger partial charge < -0.3 is 31.6 Å². The number of aliphatic imine (C=N–C) groups is 1. The first kappa shape index (κ1) is 32.2. The van der Waals surface area contributed by atoms with Gasteiger partial charge in [-0.1, -0.05) is 12.1 Å². The van der Waals surface area contributed by atoms with Gasteiger partial charge >= 0.3 is 5.97 Å². The van der Waals surface area contributed by atoms with E-state index < -0.39 is 64.5 Å². The average Bonchev–Trinajstić information content (AvgIpc) is 2.82. The van der Waals surface area contributed by atoms with Gasteiger partial charge in [0.1, 0.15) is 12.3 Å². The van der Waals surface area contributed by atoms with Crippen LogP contribution in [-0.2, 0) is 35.0 Å². The van der Waals surface area contributed by atoms with Gasteiger partial charge in [0, 0.05) is 25.6 Å². The number of aliphatic carboxylic acids is 1. The van der Waals surface area contributed by atoms with Crippen molar-refractivity contribution in [3.05, 3.63) is 35.4 Å². The molecule has 0 unspecified atom stereocenters. The summed E-state index contributed by atoms with van der Waals surface area (Å²) in [6.07, 6.45) is 0.461. The number of carbonyl (C=O) groups is 5. The van der Waals surface area contributed by atoms with Gasteiger partial charge in [-0.2, -0.15) is 0 Å². The number of carboxylic acid groups (broad SMARTS) is 1. The van der Waals surface area contributed by atoms with Crippen LogP contribution in [0, 0.1) is 0 Å². The molecule has 14 nitrogen and oxygen atoms in total. The van der Waals surface area contributed by atoms with Crippen molar-refractivity contribution >= 4 is 45.8 Å². The normalized spacial score (nSPS) is 13.3. The highest BCUT2D eigenvalue weighted by atomic mass is 32.2. The molecule has 2 atom stereocenters. The number of carboxylic acids is 1. The summed E-state index contributed by atoms with van der Waals surface area (Å²) in [6, 6.07) is 3.20. The Labute approximate surface area is 220 Å². The number of primary amides is 1. The first-order valence-electron chi connectivity index (χ1n) is 11.6. The van der Waals surface area contributed by atoms with E-state index >= 15 is 0 Å². The summed E-state index contributed by atoms with van der Waals surface area (Å²) in [4.78, 5) is 63.8. The molecular formula is C23H34N6O8S. The lowest BCUT2D eigenvalue weighted by Crippen LogP contribution is -2.51. The van der Waals surface area contributed by atoms with E-state index in [1.165, 1.54) is 31.3 Å². The van der Waals surface area contributed by atoms with Crippen LogP contribution in [0.3, 0.4) is 0 Å². The monoisotopic (exact) mass is 554 g/mol. The number of nitrogens with two attached hydrogens (primary N) is 2. The van der Waals surface area contributed by atoms with Crippen LogP contribution in [0.5, 0.6) is 0 Å². The summed E-state index contributed by atoms with van der Waals surface area (Å²) in [5.41, 5.74) is 11.1. The molecule has 0 aliphatic rings. The fourth-order valence-corrected chi connectivity index (χ4v) is 4.66. The zero-order valence-corrected chi connectivity index (χ0v) is 22.1. The van der Waals surface area contributed by atoms with Gasteiger partial charge in [-0.25, -0.2) is 13.1 Å². The maximum Gasteiger partial charge on any atom is 0.303 e. The molecule has 210 valence electrons. The number of amides is 3. The zero-order chi connectivity index (χ0) is 28.9. The quantitative estimate of drug-likeness (QED) is 0.0668. The molecule has 15 heteroatoms. The van der Waals surface area contributed by atoms with Crippen LogP contribution in [0.25, 0.3) is 0 Å². The van der Waals surface area contributed by atoms with Crippen molar-refractivity contribution < 1.29 is 37.5 Å². The van der Waals surface area contributed by atoms with Crippen LogP contribution >= 0.6 is 0 Å². The van der Waals surface area contributed by atoms with E-state index in [0.717, 1.165) is 4.90 Å². The third-order valence-electron chi connectivity index (χ3n) is 5.16. The van der Waals surface area contributed by atoms with Gasteiger partial charge in [0.2, 0.25) is 27.7 Å². The van der Waals surface area contributed by atoms with E-state index in [2.05, 4.69) is 15.0 Å². The molecule has 0 bridgehead atoms. The number of likely N-dealkylation sites (N-methyl/N-ethyl adjacent to an activating group) is 1.